The van der Waals surface area contributed by atoms with Gasteiger partial charge in [0.05, 0.1) is 6.04 Å². The molecule has 1 fully saturated rings. The van der Waals surface area contributed by atoms with Crippen LogP contribution in [0.2, 0.25) is 5.02 Å². The highest BCUT2D eigenvalue weighted by atomic mass is 35.5. The summed E-state index contributed by atoms with van der Waals surface area (Å²) in [7, 11) is 0. The Hall–Kier alpha value is -1.06. The van der Waals surface area contributed by atoms with Crippen LogP contribution in [-0.2, 0) is 4.79 Å². The molecular formula is C16H23ClN2O. The lowest BCUT2D eigenvalue weighted by Gasteiger charge is -2.30. The van der Waals surface area contributed by atoms with Gasteiger partial charge in [0.25, 0.3) is 0 Å². The van der Waals surface area contributed by atoms with Gasteiger partial charge in [0.1, 0.15) is 0 Å². The molecule has 2 rings (SSSR count). The molecule has 1 aliphatic heterocycles. The van der Waals surface area contributed by atoms with Crippen LogP contribution in [0.4, 0.5) is 0 Å². The van der Waals surface area contributed by atoms with Gasteiger partial charge in [-0.2, -0.15) is 0 Å². The van der Waals surface area contributed by atoms with Gasteiger partial charge in [-0.3, -0.25) is 10.1 Å². The zero-order valence-corrected chi connectivity index (χ0v) is 13.0. The first-order valence-electron chi connectivity index (χ1n) is 7.38. The van der Waals surface area contributed by atoms with Crippen LogP contribution in [-0.4, -0.2) is 29.9 Å². The van der Waals surface area contributed by atoms with E-state index in [1.54, 1.807) is 0 Å². The van der Waals surface area contributed by atoms with Crippen LogP contribution >= 0.6 is 11.6 Å². The first kappa shape index (κ1) is 15.3. The van der Waals surface area contributed by atoms with Crippen molar-refractivity contribution < 1.29 is 4.79 Å². The number of halogens is 1. The fraction of sp³-hybridized carbons (Fsp3) is 0.562. The quantitative estimate of drug-likeness (QED) is 0.923. The topological polar surface area (TPSA) is 32.3 Å². The first-order valence-corrected chi connectivity index (χ1v) is 7.76. The highest BCUT2D eigenvalue weighted by Gasteiger charge is 2.23. The van der Waals surface area contributed by atoms with Crippen molar-refractivity contribution in [3.63, 3.8) is 0 Å². The normalized spacial score (nSPS) is 18.6. The van der Waals surface area contributed by atoms with Gasteiger partial charge < -0.3 is 4.90 Å². The number of benzene rings is 1. The number of nitrogens with zero attached hydrogens (tertiary/aromatic N) is 1. The molecule has 1 aliphatic rings. The van der Waals surface area contributed by atoms with E-state index in [0.29, 0.717) is 0 Å². The zero-order valence-electron chi connectivity index (χ0n) is 12.2. The molecule has 20 heavy (non-hydrogen) atoms. The van der Waals surface area contributed by atoms with Crippen molar-refractivity contribution in [1.82, 2.24) is 10.2 Å². The Morgan fingerprint density at radius 3 is 2.35 bits per heavy atom. The van der Waals surface area contributed by atoms with Crippen LogP contribution in [0.1, 0.15) is 44.7 Å². The molecule has 1 aromatic rings. The highest BCUT2D eigenvalue weighted by Crippen LogP contribution is 2.17. The lowest BCUT2D eigenvalue weighted by molar-refractivity contribution is -0.134. The molecule has 1 unspecified atom stereocenters. The smallest absolute Gasteiger partial charge is 0.239 e. The van der Waals surface area contributed by atoms with Crippen molar-refractivity contribution in [3.8, 4) is 0 Å². The second-order valence-corrected chi connectivity index (χ2v) is 5.98. The summed E-state index contributed by atoms with van der Waals surface area (Å²) >= 11 is 5.89. The van der Waals surface area contributed by atoms with Crippen molar-refractivity contribution in [3.05, 3.63) is 34.9 Å². The van der Waals surface area contributed by atoms with E-state index in [4.69, 9.17) is 11.6 Å². The molecule has 0 radical (unpaired) electrons. The minimum atomic E-state index is -0.154. The molecule has 110 valence electrons. The number of amides is 1. The van der Waals surface area contributed by atoms with E-state index in [1.165, 1.54) is 6.42 Å². The van der Waals surface area contributed by atoms with Crippen molar-refractivity contribution in [2.45, 2.75) is 45.2 Å². The number of rotatable bonds is 4. The highest BCUT2D eigenvalue weighted by molar-refractivity contribution is 6.30. The standard InChI is InChI=1S/C16H23ClN2O/c1-12(14-6-8-15(17)9-7-14)18-13(2)16(20)19-10-4-3-5-11-19/h6-9,12-13,18H,3-5,10-11H2,1-2H3/t12-,13?/m0/s1. The van der Waals surface area contributed by atoms with Crippen LogP contribution in [0.15, 0.2) is 24.3 Å². The van der Waals surface area contributed by atoms with Crippen LogP contribution in [0.3, 0.4) is 0 Å². The minimum absolute atomic E-state index is 0.135. The molecule has 1 N–H and O–H groups in total. The Morgan fingerprint density at radius 1 is 1.15 bits per heavy atom. The Morgan fingerprint density at radius 2 is 1.75 bits per heavy atom. The van der Waals surface area contributed by atoms with Crippen molar-refractivity contribution in [2.24, 2.45) is 0 Å². The molecule has 3 nitrogen and oxygen atoms in total. The third-order valence-electron chi connectivity index (χ3n) is 3.91. The molecule has 0 saturated carbocycles. The van der Waals surface area contributed by atoms with Crippen molar-refractivity contribution in [2.75, 3.05) is 13.1 Å². The molecule has 1 aromatic carbocycles. The number of carbonyl (C=O) groups is 1. The molecule has 4 heteroatoms. The summed E-state index contributed by atoms with van der Waals surface area (Å²) in [6.07, 6.45) is 3.50. The zero-order chi connectivity index (χ0) is 14.5. The summed E-state index contributed by atoms with van der Waals surface area (Å²) in [6.45, 7) is 5.83. The van der Waals surface area contributed by atoms with E-state index >= 15 is 0 Å². The Labute approximate surface area is 126 Å². The van der Waals surface area contributed by atoms with E-state index < -0.39 is 0 Å². The van der Waals surface area contributed by atoms with Gasteiger partial charge >= 0.3 is 0 Å². The second-order valence-electron chi connectivity index (χ2n) is 5.55. The molecule has 0 aromatic heterocycles. The van der Waals surface area contributed by atoms with E-state index in [-0.39, 0.29) is 18.0 Å². The third-order valence-corrected chi connectivity index (χ3v) is 4.16. The average Bonchev–Trinajstić information content (AvgIpc) is 2.48. The molecule has 0 aliphatic carbocycles. The Kier molecular flexibility index (Phi) is 5.44. The molecule has 1 heterocycles. The van der Waals surface area contributed by atoms with E-state index in [2.05, 4.69) is 12.2 Å². The fourth-order valence-electron chi connectivity index (χ4n) is 2.68. The van der Waals surface area contributed by atoms with E-state index in [0.717, 1.165) is 36.5 Å². The minimum Gasteiger partial charge on any atom is -0.341 e. The molecule has 2 atom stereocenters. The Bertz CT molecular complexity index is 440. The van der Waals surface area contributed by atoms with Gasteiger partial charge in [-0.15, -0.1) is 0 Å². The van der Waals surface area contributed by atoms with Gasteiger partial charge in [-0.1, -0.05) is 23.7 Å². The van der Waals surface area contributed by atoms with Crippen molar-refractivity contribution >= 4 is 17.5 Å². The largest absolute Gasteiger partial charge is 0.341 e. The summed E-state index contributed by atoms with van der Waals surface area (Å²) in [5.74, 6) is 0.213. The molecular weight excluding hydrogens is 272 g/mol. The summed E-state index contributed by atoms with van der Waals surface area (Å²) in [5, 5.41) is 4.11. The maximum Gasteiger partial charge on any atom is 0.239 e. The molecule has 0 spiro atoms. The maximum atomic E-state index is 12.4. The lowest BCUT2D eigenvalue weighted by atomic mass is 10.1. The van der Waals surface area contributed by atoms with Crippen LogP contribution in [0.5, 0.6) is 0 Å². The monoisotopic (exact) mass is 294 g/mol. The summed E-state index contributed by atoms with van der Waals surface area (Å²) in [5.41, 5.74) is 1.15. The molecule has 1 amide bonds. The SMILES string of the molecule is CC(N[C@@H](C)c1ccc(Cl)cc1)C(=O)N1CCCCC1. The number of nitrogens with one attached hydrogen (secondary N) is 1. The van der Waals surface area contributed by atoms with Crippen LogP contribution in [0, 0.1) is 0 Å². The summed E-state index contributed by atoms with van der Waals surface area (Å²) in [4.78, 5) is 14.3. The van der Waals surface area contributed by atoms with Gasteiger partial charge in [0.15, 0.2) is 0 Å². The van der Waals surface area contributed by atoms with Crippen LogP contribution < -0.4 is 5.32 Å². The van der Waals surface area contributed by atoms with Gasteiger partial charge in [0.2, 0.25) is 5.91 Å². The van der Waals surface area contributed by atoms with E-state index in [1.807, 2.05) is 36.1 Å². The fourth-order valence-corrected chi connectivity index (χ4v) is 2.81. The number of hydrogen-bond acceptors (Lipinski definition) is 2. The number of likely N-dealkylation sites (tertiary alicyclic amines) is 1. The predicted octanol–water partition coefficient (Wildman–Crippen LogP) is 3.39. The van der Waals surface area contributed by atoms with Crippen LogP contribution in [0.25, 0.3) is 0 Å². The predicted molar refractivity (Wildman–Crippen MR) is 82.9 cm³/mol. The van der Waals surface area contributed by atoms with Gasteiger partial charge in [-0.05, 0) is 50.8 Å². The molecule has 1 saturated heterocycles. The number of hydrogen-bond donors (Lipinski definition) is 1. The summed E-state index contributed by atoms with van der Waals surface area (Å²) in [6, 6.07) is 7.74. The average molecular weight is 295 g/mol. The molecule has 0 bridgehead atoms. The van der Waals surface area contributed by atoms with Gasteiger partial charge in [0, 0.05) is 24.2 Å². The van der Waals surface area contributed by atoms with E-state index in [9.17, 15) is 4.79 Å². The number of carbonyl (C=O) groups excluding carboxylic acids is 1. The Balaban J connectivity index is 1.91. The second kappa shape index (κ2) is 7.09. The maximum absolute atomic E-state index is 12.4. The third kappa shape index (κ3) is 3.97. The lowest BCUT2D eigenvalue weighted by Crippen LogP contribution is -2.47. The number of piperidine rings is 1. The summed E-state index contributed by atoms with van der Waals surface area (Å²) < 4.78 is 0. The van der Waals surface area contributed by atoms with Gasteiger partial charge in [-0.25, -0.2) is 0 Å². The van der Waals surface area contributed by atoms with Crippen molar-refractivity contribution in [1.29, 1.82) is 0 Å². The first-order chi connectivity index (χ1) is 9.58.